The molecule has 1 aromatic heterocycles. The number of likely N-dealkylation sites (N-methyl/N-ethyl adjacent to an activating group) is 1. The van der Waals surface area contributed by atoms with Crippen molar-refractivity contribution in [1.29, 1.82) is 0 Å². The van der Waals surface area contributed by atoms with Gasteiger partial charge in [0.2, 0.25) is 0 Å². The van der Waals surface area contributed by atoms with Gasteiger partial charge < -0.3 is 10.2 Å². The van der Waals surface area contributed by atoms with Crippen LogP contribution in [-0.4, -0.2) is 36.4 Å². The van der Waals surface area contributed by atoms with Crippen molar-refractivity contribution in [2.75, 3.05) is 25.0 Å². The topological polar surface area (TPSA) is 41.0 Å². The summed E-state index contributed by atoms with van der Waals surface area (Å²) in [5, 5.41) is 11.5. The van der Waals surface area contributed by atoms with Crippen LogP contribution in [0.1, 0.15) is 19.5 Å². The molecule has 1 N–H and O–H groups in total. The van der Waals surface area contributed by atoms with Crippen LogP contribution in [0.15, 0.2) is 12.1 Å². The fraction of sp³-hybridized carbons (Fsp3) is 0.636. The van der Waals surface area contributed by atoms with Gasteiger partial charge >= 0.3 is 0 Å². The third kappa shape index (κ3) is 4.25. The average molecular weight is 208 g/mol. The quantitative estimate of drug-likeness (QED) is 0.790. The summed E-state index contributed by atoms with van der Waals surface area (Å²) in [5.74, 6) is 0.922. The van der Waals surface area contributed by atoms with Crippen LogP contribution in [0.4, 0.5) is 5.82 Å². The summed E-state index contributed by atoms with van der Waals surface area (Å²) in [7, 11) is 2.03. The molecule has 0 unspecified atom stereocenters. The van der Waals surface area contributed by atoms with Crippen molar-refractivity contribution in [2.45, 2.75) is 26.8 Å². The molecule has 0 fully saturated rings. The highest BCUT2D eigenvalue weighted by Gasteiger charge is 2.02. The second kappa shape index (κ2) is 5.66. The number of hydrogen-bond acceptors (Lipinski definition) is 4. The largest absolute Gasteiger partial charge is 0.357 e. The van der Waals surface area contributed by atoms with Crippen molar-refractivity contribution in [2.24, 2.45) is 0 Å². The summed E-state index contributed by atoms with van der Waals surface area (Å²) < 4.78 is 0. The lowest BCUT2D eigenvalue weighted by molar-refractivity contribution is 0.588. The van der Waals surface area contributed by atoms with Crippen LogP contribution in [0.3, 0.4) is 0 Å². The summed E-state index contributed by atoms with van der Waals surface area (Å²) >= 11 is 0. The zero-order chi connectivity index (χ0) is 11.3. The van der Waals surface area contributed by atoms with E-state index < -0.39 is 0 Å². The van der Waals surface area contributed by atoms with E-state index in [0.717, 1.165) is 24.6 Å². The summed E-state index contributed by atoms with van der Waals surface area (Å²) in [4.78, 5) is 2.10. The van der Waals surface area contributed by atoms with Crippen molar-refractivity contribution in [3.63, 3.8) is 0 Å². The van der Waals surface area contributed by atoms with Crippen LogP contribution in [0, 0.1) is 6.92 Å². The lowest BCUT2D eigenvalue weighted by atomic mass is 10.4. The summed E-state index contributed by atoms with van der Waals surface area (Å²) in [6.45, 7) is 8.13. The number of rotatable bonds is 5. The van der Waals surface area contributed by atoms with Crippen LogP contribution < -0.4 is 10.2 Å². The molecule has 4 nitrogen and oxygen atoms in total. The second-order valence-corrected chi connectivity index (χ2v) is 4.06. The predicted molar refractivity (Wildman–Crippen MR) is 63.2 cm³/mol. The molecule has 0 spiro atoms. The van der Waals surface area contributed by atoms with E-state index >= 15 is 0 Å². The van der Waals surface area contributed by atoms with E-state index in [9.17, 15) is 0 Å². The molecule has 0 aliphatic heterocycles. The zero-order valence-electron chi connectivity index (χ0n) is 9.99. The van der Waals surface area contributed by atoms with Gasteiger partial charge in [-0.1, -0.05) is 13.8 Å². The van der Waals surface area contributed by atoms with Gasteiger partial charge in [-0.3, -0.25) is 0 Å². The molecule has 1 aromatic rings. The van der Waals surface area contributed by atoms with Crippen LogP contribution in [0.2, 0.25) is 0 Å². The normalized spacial score (nSPS) is 10.7. The molecule has 0 aromatic carbocycles. The fourth-order valence-corrected chi connectivity index (χ4v) is 1.23. The zero-order valence-corrected chi connectivity index (χ0v) is 9.99. The molecule has 1 rings (SSSR count). The highest BCUT2D eigenvalue weighted by molar-refractivity contribution is 5.35. The highest BCUT2D eigenvalue weighted by atomic mass is 15.2. The minimum Gasteiger partial charge on any atom is -0.357 e. The van der Waals surface area contributed by atoms with Crippen LogP contribution in [-0.2, 0) is 0 Å². The van der Waals surface area contributed by atoms with Crippen LogP contribution >= 0.6 is 0 Å². The van der Waals surface area contributed by atoms with Gasteiger partial charge in [0.05, 0.1) is 5.69 Å². The van der Waals surface area contributed by atoms with E-state index in [-0.39, 0.29) is 0 Å². The molecule has 0 bridgehead atoms. The Morgan fingerprint density at radius 1 is 1.33 bits per heavy atom. The molecule has 0 atom stereocenters. The minimum absolute atomic E-state index is 0.530. The first-order valence-corrected chi connectivity index (χ1v) is 5.34. The van der Waals surface area contributed by atoms with E-state index in [0.29, 0.717) is 6.04 Å². The number of nitrogens with one attached hydrogen (secondary N) is 1. The SMILES string of the molecule is Cc1ccc(N(C)CCNC(C)C)nn1. The Hall–Kier alpha value is -1.16. The third-order valence-electron chi connectivity index (χ3n) is 2.17. The van der Waals surface area contributed by atoms with Crippen molar-refractivity contribution < 1.29 is 0 Å². The average Bonchev–Trinajstić information content (AvgIpc) is 2.18. The Morgan fingerprint density at radius 3 is 2.60 bits per heavy atom. The van der Waals surface area contributed by atoms with Gasteiger partial charge in [-0.05, 0) is 19.1 Å². The Balaban J connectivity index is 2.40. The van der Waals surface area contributed by atoms with Gasteiger partial charge in [-0.15, -0.1) is 5.10 Å². The van der Waals surface area contributed by atoms with Gasteiger partial charge in [0.1, 0.15) is 0 Å². The van der Waals surface area contributed by atoms with Crippen LogP contribution in [0.25, 0.3) is 0 Å². The first kappa shape index (κ1) is 11.9. The molecule has 0 aliphatic rings. The van der Waals surface area contributed by atoms with Crippen molar-refractivity contribution >= 4 is 5.82 Å². The maximum absolute atomic E-state index is 4.12. The fourth-order valence-electron chi connectivity index (χ4n) is 1.23. The van der Waals surface area contributed by atoms with Crippen molar-refractivity contribution in [3.8, 4) is 0 Å². The molecule has 0 saturated heterocycles. The van der Waals surface area contributed by atoms with E-state index in [1.807, 2.05) is 26.1 Å². The first-order chi connectivity index (χ1) is 7.09. The lowest BCUT2D eigenvalue weighted by Gasteiger charge is -2.18. The summed E-state index contributed by atoms with van der Waals surface area (Å²) in [6, 6.07) is 4.51. The number of nitrogens with zero attached hydrogens (tertiary/aromatic N) is 3. The molecular weight excluding hydrogens is 188 g/mol. The van der Waals surface area contributed by atoms with Crippen molar-refractivity contribution in [1.82, 2.24) is 15.5 Å². The highest BCUT2D eigenvalue weighted by Crippen LogP contribution is 2.05. The van der Waals surface area contributed by atoms with Gasteiger partial charge in [-0.2, -0.15) is 5.10 Å². The maximum Gasteiger partial charge on any atom is 0.151 e. The van der Waals surface area contributed by atoms with Gasteiger partial charge in [0.15, 0.2) is 5.82 Å². The minimum atomic E-state index is 0.530. The molecule has 1 heterocycles. The van der Waals surface area contributed by atoms with Crippen molar-refractivity contribution in [3.05, 3.63) is 17.8 Å². The Labute approximate surface area is 91.7 Å². The second-order valence-electron chi connectivity index (χ2n) is 4.06. The molecule has 0 aliphatic carbocycles. The van der Waals surface area contributed by atoms with E-state index in [2.05, 4.69) is 34.3 Å². The standard InChI is InChI=1S/C11H20N4/c1-9(2)12-7-8-15(4)11-6-5-10(3)13-14-11/h5-6,9,12H,7-8H2,1-4H3. The number of aromatic nitrogens is 2. The monoisotopic (exact) mass is 208 g/mol. The summed E-state index contributed by atoms with van der Waals surface area (Å²) in [5.41, 5.74) is 0.951. The van der Waals surface area contributed by atoms with E-state index in [1.54, 1.807) is 0 Å². The van der Waals surface area contributed by atoms with E-state index in [4.69, 9.17) is 0 Å². The molecular formula is C11H20N4. The van der Waals surface area contributed by atoms with E-state index in [1.165, 1.54) is 0 Å². The lowest BCUT2D eigenvalue weighted by Crippen LogP contribution is -2.33. The third-order valence-corrected chi connectivity index (χ3v) is 2.17. The Kier molecular flexibility index (Phi) is 4.49. The van der Waals surface area contributed by atoms with Gasteiger partial charge in [0.25, 0.3) is 0 Å². The molecule has 0 saturated carbocycles. The van der Waals surface area contributed by atoms with Crippen LogP contribution in [0.5, 0.6) is 0 Å². The summed E-state index contributed by atoms with van der Waals surface area (Å²) in [6.07, 6.45) is 0. The van der Waals surface area contributed by atoms with Gasteiger partial charge in [-0.25, -0.2) is 0 Å². The molecule has 15 heavy (non-hydrogen) atoms. The maximum atomic E-state index is 4.12. The Morgan fingerprint density at radius 2 is 2.07 bits per heavy atom. The number of hydrogen-bond donors (Lipinski definition) is 1. The number of anilines is 1. The number of aryl methyl sites for hydroxylation is 1. The first-order valence-electron chi connectivity index (χ1n) is 5.34. The van der Waals surface area contributed by atoms with Gasteiger partial charge in [0, 0.05) is 26.2 Å². The molecule has 0 amide bonds. The smallest absolute Gasteiger partial charge is 0.151 e. The molecule has 84 valence electrons. The molecule has 4 heteroatoms. The Bertz CT molecular complexity index is 281. The molecule has 0 radical (unpaired) electrons. The predicted octanol–water partition coefficient (Wildman–Crippen LogP) is 1.22.